The lowest BCUT2D eigenvalue weighted by Crippen LogP contribution is -2.25. The normalized spacial score (nSPS) is 19.8. The van der Waals surface area contributed by atoms with Crippen molar-refractivity contribution in [1.29, 1.82) is 0 Å². The Hall–Kier alpha value is -2.15. The molecule has 29 heavy (non-hydrogen) atoms. The molecule has 7 heteroatoms. The number of halogens is 1. The first-order chi connectivity index (χ1) is 14.2. The Balaban J connectivity index is 1.46. The van der Waals surface area contributed by atoms with Gasteiger partial charge in [-0.2, -0.15) is 0 Å². The van der Waals surface area contributed by atoms with Gasteiger partial charge in [-0.05, 0) is 55.5 Å². The number of ether oxygens (including phenoxy) is 1. The van der Waals surface area contributed by atoms with Gasteiger partial charge in [0.15, 0.2) is 0 Å². The third-order valence-electron chi connectivity index (χ3n) is 5.65. The number of hydrogen-bond acceptors (Lipinski definition) is 5. The molecule has 6 nitrogen and oxygen atoms in total. The van der Waals surface area contributed by atoms with Crippen LogP contribution in [0.2, 0.25) is 5.02 Å². The summed E-state index contributed by atoms with van der Waals surface area (Å²) in [5, 5.41) is 10.2. The van der Waals surface area contributed by atoms with Crippen LogP contribution in [0.15, 0.2) is 36.5 Å². The first-order valence-corrected chi connectivity index (χ1v) is 10.7. The summed E-state index contributed by atoms with van der Waals surface area (Å²) in [6.45, 7) is 4.24. The quantitative estimate of drug-likeness (QED) is 0.670. The molecule has 4 rings (SSSR count). The number of pyridine rings is 1. The van der Waals surface area contributed by atoms with Gasteiger partial charge in [0.1, 0.15) is 5.82 Å². The molecule has 1 aromatic heterocycles. The molecular formula is C22H27ClN4O2. The molecule has 2 fully saturated rings. The van der Waals surface area contributed by atoms with E-state index < -0.39 is 0 Å². The van der Waals surface area contributed by atoms with E-state index in [0.717, 1.165) is 62.4 Å². The number of carbonyl (C=O) groups excluding carboxylic acids is 1. The summed E-state index contributed by atoms with van der Waals surface area (Å²) in [7, 11) is 0. The van der Waals surface area contributed by atoms with E-state index in [4.69, 9.17) is 16.3 Å². The highest BCUT2D eigenvalue weighted by Crippen LogP contribution is 2.31. The number of rotatable bonds is 6. The van der Waals surface area contributed by atoms with Crippen LogP contribution in [-0.4, -0.2) is 43.7 Å². The molecule has 2 saturated heterocycles. The first-order valence-electron chi connectivity index (χ1n) is 10.3. The van der Waals surface area contributed by atoms with Crippen LogP contribution in [0.3, 0.4) is 0 Å². The maximum absolute atomic E-state index is 12.4. The van der Waals surface area contributed by atoms with Crippen molar-refractivity contribution in [3.05, 3.63) is 41.6 Å². The number of aromatic nitrogens is 1. The van der Waals surface area contributed by atoms with Gasteiger partial charge in [-0.15, -0.1) is 0 Å². The summed E-state index contributed by atoms with van der Waals surface area (Å²) in [6.07, 6.45) is 4.65. The van der Waals surface area contributed by atoms with Gasteiger partial charge in [0, 0.05) is 43.8 Å². The summed E-state index contributed by atoms with van der Waals surface area (Å²) in [4.78, 5) is 16.7. The molecular weight excluding hydrogens is 388 g/mol. The van der Waals surface area contributed by atoms with Crippen molar-refractivity contribution in [2.75, 3.05) is 43.5 Å². The Kier molecular flexibility index (Phi) is 6.64. The number of nitrogens with zero attached hydrogens (tertiary/aromatic N) is 1. The number of nitrogens with one attached hydrogen (secondary N) is 3. The summed E-state index contributed by atoms with van der Waals surface area (Å²) < 4.78 is 5.43. The van der Waals surface area contributed by atoms with Gasteiger partial charge in [-0.25, -0.2) is 4.98 Å². The predicted octanol–water partition coefficient (Wildman–Crippen LogP) is 3.79. The molecule has 1 aromatic carbocycles. The van der Waals surface area contributed by atoms with E-state index in [1.807, 2.05) is 18.2 Å². The maximum Gasteiger partial charge on any atom is 0.229 e. The Morgan fingerprint density at radius 2 is 2.10 bits per heavy atom. The van der Waals surface area contributed by atoms with E-state index >= 15 is 0 Å². The minimum atomic E-state index is -0.00589. The Morgan fingerprint density at radius 1 is 1.24 bits per heavy atom. The lowest BCUT2D eigenvalue weighted by molar-refractivity contribution is -0.119. The van der Waals surface area contributed by atoms with Gasteiger partial charge in [-0.3, -0.25) is 4.79 Å². The van der Waals surface area contributed by atoms with Crippen molar-refractivity contribution in [2.45, 2.75) is 19.3 Å². The van der Waals surface area contributed by atoms with Gasteiger partial charge in [0.05, 0.1) is 10.9 Å². The number of carbonyl (C=O) groups is 1. The van der Waals surface area contributed by atoms with Crippen LogP contribution in [-0.2, 0) is 9.53 Å². The number of hydrogen-bond donors (Lipinski definition) is 3. The second kappa shape index (κ2) is 9.57. The standard InChI is InChI=1S/C22H27ClN4O2/c23-20-14-26-21(27-22(28)17-4-7-24-13-17)11-19(20)16-2-1-3-18(10-16)25-12-15-5-8-29-9-6-15/h1-3,10-11,14-15,17,24-25H,4-9,12-13H2,(H,26,27,28)/t17-/m1/s1. The van der Waals surface area contributed by atoms with Crippen molar-refractivity contribution < 1.29 is 9.53 Å². The topological polar surface area (TPSA) is 75.3 Å². The van der Waals surface area contributed by atoms with Crippen molar-refractivity contribution in [2.24, 2.45) is 11.8 Å². The zero-order valence-electron chi connectivity index (χ0n) is 16.4. The van der Waals surface area contributed by atoms with Crippen molar-refractivity contribution in [3.63, 3.8) is 0 Å². The molecule has 0 unspecified atom stereocenters. The minimum absolute atomic E-state index is 0.00245. The highest BCUT2D eigenvalue weighted by Gasteiger charge is 2.23. The zero-order valence-corrected chi connectivity index (χ0v) is 17.2. The molecule has 0 radical (unpaired) electrons. The molecule has 0 saturated carbocycles. The highest BCUT2D eigenvalue weighted by atomic mass is 35.5. The van der Waals surface area contributed by atoms with Crippen LogP contribution in [0.1, 0.15) is 19.3 Å². The Morgan fingerprint density at radius 3 is 2.90 bits per heavy atom. The maximum atomic E-state index is 12.4. The van der Waals surface area contributed by atoms with Crippen molar-refractivity contribution >= 4 is 29.0 Å². The van der Waals surface area contributed by atoms with E-state index in [9.17, 15) is 4.79 Å². The van der Waals surface area contributed by atoms with Gasteiger partial charge in [0.2, 0.25) is 5.91 Å². The van der Waals surface area contributed by atoms with Gasteiger partial charge in [0.25, 0.3) is 0 Å². The molecule has 154 valence electrons. The molecule has 2 aliphatic rings. The third kappa shape index (κ3) is 5.26. The van der Waals surface area contributed by atoms with Crippen LogP contribution in [0, 0.1) is 11.8 Å². The number of anilines is 2. The molecule has 0 aliphatic carbocycles. The van der Waals surface area contributed by atoms with Crippen LogP contribution in [0.4, 0.5) is 11.5 Å². The molecule has 3 heterocycles. The molecule has 2 aliphatic heterocycles. The average molecular weight is 415 g/mol. The lowest BCUT2D eigenvalue weighted by Gasteiger charge is -2.22. The molecule has 0 bridgehead atoms. The molecule has 1 atom stereocenters. The Bertz CT molecular complexity index is 848. The van der Waals surface area contributed by atoms with E-state index in [1.54, 1.807) is 6.20 Å². The Labute approximate surface area is 176 Å². The van der Waals surface area contributed by atoms with Crippen molar-refractivity contribution in [1.82, 2.24) is 10.3 Å². The fourth-order valence-corrected chi connectivity index (χ4v) is 4.06. The monoisotopic (exact) mass is 414 g/mol. The molecule has 3 N–H and O–H groups in total. The second-order valence-corrected chi connectivity index (χ2v) is 8.15. The van der Waals surface area contributed by atoms with E-state index in [1.165, 1.54) is 0 Å². The van der Waals surface area contributed by atoms with Crippen LogP contribution < -0.4 is 16.0 Å². The van der Waals surface area contributed by atoms with Gasteiger partial charge in [-0.1, -0.05) is 23.7 Å². The largest absolute Gasteiger partial charge is 0.385 e. The van der Waals surface area contributed by atoms with E-state index in [0.29, 0.717) is 23.3 Å². The van der Waals surface area contributed by atoms with Crippen LogP contribution in [0.5, 0.6) is 0 Å². The highest BCUT2D eigenvalue weighted by molar-refractivity contribution is 6.33. The first kappa shape index (κ1) is 20.1. The van der Waals surface area contributed by atoms with Gasteiger partial charge >= 0.3 is 0 Å². The SMILES string of the molecule is O=C(Nc1cc(-c2cccc(NCC3CCOCC3)c2)c(Cl)cn1)[C@@H]1CCNC1. The second-order valence-electron chi connectivity index (χ2n) is 7.75. The average Bonchev–Trinajstić information content (AvgIpc) is 3.30. The molecule has 0 spiro atoms. The molecule has 1 amide bonds. The minimum Gasteiger partial charge on any atom is -0.385 e. The lowest BCUT2D eigenvalue weighted by atomic mass is 10.00. The summed E-state index contributed by atoms with van der Waals surface area (Å²) in [6, 6.07) is 10.0. The van der Waals surface area contributed by atoms with Gasteiger partial charge < -0.3 is 20.7 Å². The smallest absolute Gasteiger partial charge is 0.229 e. The third-order valence-corrected chi connectivity index (χ3v) is 5.95. The fraction of sp³-hybridized carbons (Fsp3) is 0.455. The number of benzene rings is 1. The summed E-state index contributed by atoms with van der Waals surface area (Å²) in [5.74, 6) is 1.17. The van der Waals surface area contributed by atoms with E-state index in [-0.39, 0.29) is 11.8 Å². The predicted molar refractivity (Wildman–Crippen MR) is 116 cm³/mol. The van der Waals surface area contributed by atoms with Crippen molar-refractivity contribution in [3.8, 4) is 11.1 Å². The molecule has 2 aromatic rings. The van der Waals surface area contributed by atoms with Crippen LogP contribution >= 0.6 is 11.6 Å². The summed E-state index contributed by atoms with van der Waals surface area (Å²) >= 11 is 6.43. The fourth-order valence-electron chi connectivity index (χ4n) is 3.84. The zero-order chi connectivity index (χ0) is 20.1. The summed E-state index contributed by atoms with van der Waals surface area (Å²) in [5.41, 5.74) is 2.91. The van der Waals surface area contributed by atoms with E-state index in [2.05, 4.69) is 33.1 Å². The van der Waals surface area contributed by atoms with Crippen LogP contribution in [0.25, 0.3) is 11.1 Å². The number of amides is 1.